The zero-order valence-electron chi connectivity index (χ0n) is 17.4. The maximum Gasteiger partial charge on any atom is 0.338 e. The highest BCUT2D eigenvalue weighted by molar-refractivity contribution is 8.00. The van der Waals surface area contributed by atoms with Crippen LogP contribution in [0, 0.1) is 5.92 Å². The van der Waals surface area contributed by atoms with Gasteiger partial charge in [-0.25, -0.2) is 9.69 Å². The van der Waals surface area contributed by atoms with E-state index in [0.29, 0.717) is 15.5 Å². The monoisotopic (exact) mass is 476 g/mol. The van der Waals surface area contributed by atoms with Crippen molar-refractivity contribution in [2.45, 2.75) is 43.1 Å². The molecule has 2 aliphatic rings. The van der Waals surface area contributed by atoms with Crippen LogP contribution in [0.5, 0.6) is 0 Å². The second-order valence-corrected chi connectivity index (χ2v) is 9.68. The van der Waals surface area contributed by atoms with Gasteiger partial charge >= 0.3 is 16.8 Å². The van der Waals surface area contributed by atoms with Gasteiger partial charge in [0.25, 0.3) is 0 Å². The Morgan fingerprint density at radius 3 is 2.44 bits per heavy atom. The molecular weight excluding hydrogens is 456 g/mol. The first kappa shape index (κ1) is 22.3. The van der Waals surface area contributed by atoms with Crippen LogP contribution >= 0.6 is 23.1 Å². The summed E-state index contributed by atoms with van der Waals surface area (Å²) in [4.78, 5) is 67.1. The molecule has 168 valence electrons. The number of anilines is 1. The predicted molar refractivity (Wildman–Crippen MR) is 117 cm³/mol. The number of thioether (sulfide) groups is 1. The summed E-state index contributed by atoms with van der Waals surface area (Å²) in [5, 5.41) is -0.470. The summed E-state index contributed by atoms with van der Waals surface area (Å²) in [6.45, 7) is 5.29. The van der Waals surface area contributed by atoms with Gasteiger partial charge in [-0.15, -0.1) is 0 Å². The minimum atomic E-state index is -1.05. The van der Waals surface area contributed by atoms with Gasteiger partial charge in [-0.05, 0) is 45.0 Å². The van der Waals surface area contributed by atoms with Gasteiger partial charge in [-0.1, -0.05) is 23.1 Å². The van der Waals surface area contributed by atoms with Crippen LogP contribution in [0.25, 0.3) is 0 Å². The fourth-order valence-corrected chi connectivity index (χ4v) is 6.27. The number of fused-ring (bicyclic) bond motifs is 2. The summed E-state index contributed by atoms with van der Waals surface area (Å²) in [6, 6.07) is 5.93. The summed E-state index contributed by atoms with van der Waals surface area (Å²) in [5.41, 5.74) is 0.579. The molecule has 3 atom stereocenters. The van der Waals surface area contributed by atoms with Crippen LogP contribution in [-0.4, -0.2) is 46.7 Å². The number of hydrogen-bond acceptors (Lipinski definition) is 9. The van der Waals surface area contributed by atoms with Gasteiger partial charge in [0.1, 0.15) is 11.2 Å². The van der Waals surface area contributed by atoms with Gasteiger partial charge in [0.2, 0.25) is 11.8 Å². The predicted octanol–water partition coefficient (Wildman–Crippen LogP) is 2.31. The molecule has 0 spiro atoms. The third-order valence-electron chi connectivity index (χ3n) is 5.07. The first-order valence-electron chi connectivity index (χ1n) is 9.98. The number of imide groups is 1. The molecule has 1 N–H and O–H groups in total. The molecule has 0 radical (unpaired) electrons. The third-order valence-corrected chi connectivity index (χ3v) is 7.47. The third kappa shape index (κ3) is 3.75. The number of carbonyl (C=O) groups is 4. The Hall–Kier alpha value is -2.92. The van der Waals surface area contributed by atoms with Crippen molar-refractivity contribution >= 4 is 52.5 Å². The molecule has 0 aliphatic carbocycles. The normalized spacial score (nSPS) is 22.0. The second-order valence-electron chi connectivity index (χ2n) is 7.51. The smallest absolute Gasteiger partial charge is 0.338 e. The fourth-order valence-electron chi connectivity index (χ4n) is 3.79. The molecule has 32 heavy (non-hydrogen) atoms. The van der Waals surface area contributed by atoms with E-state index in [0.717, 1.165) is 28.0 Å². The van der Waals surface area contributed by atoms with E-state index in [1.54, 1.807) is 20.8 Å². The zero-order chi connectivity index (χ0) is 23.2. The molecule has 0 bridgehead atoms. The van der Waals surface area contributed by atoms with Crippen LogP contribution in [0.4, 0.5) is 5.69 Å². The Balaban J connectivity index is 1.70. The molecule has 4 rings (SSSR count). The van der Waals surface area contributed by atoms with Gasteiger partial charge < -0.3 is 14.5 Å². The first-order valence-corrected chi connectivity index (χ1v) is 11.7. The molecule has 0 saturated carbocycles. The molecule has 2 aliphatic heterocycles. The molecule has 1 saturated heterocycles. The summed E-state index contributed by atoms with van der Waals surface area (Å²) < 4.78 is 10.3. The van der Waals surface area contributed by atoms with Crippen molar-refractivity contribution in [3.05, 3.63) is 44.4 Å². The average Bonchev–Trinajstić information content (AvgIpc) is 3.22. The van der Waals surface area contributed by atoms with Gasteiger partial charge in [0, 0.05) is 0 Å². The average molecular weight is 477 g/mol. The van der Waals surface area contributed by atoms with Crippen LogP contribution in [0.2, 0.25) is 0 Å². The Kier molecular flexibility index (Phi) is 5.95. The molecule has 11 heteroatoms. The SMILES string of the molecule is CCOC(=O)c1ccc(N2C(=O)[C@H]3[C@H](Sc4[nH]c(=O)sc4[C@H]3C(=O)OC(C)C)C2=O)cc1. The molecule has 0 unspecified atom stereocenters. The Morgan fingerprint density at radius 2 is 1.81 bits per heavy atom. The molecule has 1 fully saturated rings. The number of benzene rings is 1. The lowest BCUT2D eigenvalue weighted by molar-refractivity contribution is -0.152. The standard InChI is InChI=1S/C21H20N2O7S2/c1-4-29-19(26)10-5-7-11(8-6-10)23-17(24)12-13(20(27)30-9(2)3)14-16(22-21(28)32-14)31-15(12)18(23)25/h5-9,12-13,15H,4H2,1-3H3,(H,22,28)/t12-,13+,15+/m1/s1. The maximum absolute atomic E-state index is 13.4. The number of hydrogen-bond donors (Lipinski definition) is 1. The number of rotatable bonds is 5. The van der Waals surface area contributed by atoms with E-state index in [-0.39, 0.29) is 17.2 Å². The van der Waals surface area contributed by atoms with E-state index in [1.165, 1.54) is 24.3 Å². The number of aromatic amines is 1. The number of nitrogens with zero attached hydrogens (tertiary/aromatic N) is 1. The summed E-state index contributed by atoms with van der Waals surface area (Å²) >= 11 is 1.92. The van der Waals surface area contributed by atoms with E-state index >= 15 is 0 Å². The van der Waals surface area contributed by atoms with Crippen LogP contribution < -0.4 is 9.77 Å². The largest absolute Gasteiger partial charge is 0.462 e. The zero-order valence-corrected chi connectivity index (χ0v) is 19.1. The van der Waals surface area contributed by atoms with Crippen molar-refractivity contribution in [1.29, 1.82) is 0 Å². The highest BCUT2D eigenvalue weighted by Gasteiger charge is 2.58. The number of nitrogens with one attached hydrogen (secondary N) is 1. The number of thiazole rings is 1. The Morgan fingerprint density at radius 1 is 1.12 bits per heavy atom. The van der Waals surface area contributed by atoms with Crippen LogP contribution in [-0.2, 0) is 23.9 Å². The Bertz CT molecular complexity index is 1150. The second kappa shape index (κ2) is 8.55. The van der Waals surface area contributed by atoms with Gasteiger partial charge in [-0.3, -0.25) is 19.2 Å². The minimum Gasteiger partial charge on any atom is -0.462 e. The van der Waals surface area contributed by atoms with Crippen molar-refractivity contribution in [3.8, 4) is 0 Å². The molecule has 9 nitrogen and oxygen atoms in total. The Labute approximate surface area is 191 Å². The molecule has 3 heterocycles. The number of amides is 2. The molecular formula is C21H20N2O7S2. The number of aromatic nitrogens is 1. The lowest BCUT2D eigenvalue weighted by atomic mass is 9.88. The highest BCUT2D eigenvalue weighted by atomic mass is 32.2. The van der Waals surface area contributed by atoms with Crippen molar-refractivity contribution < 1.29 is 28.7 Å². The van der Waals surface area contributed by atoms with Gasteiger partial charge in [0.05, 0.1) is 39.8 Å². The highest BCUT2D eigenvalue weighted by Crippen LogP contribution is 2.51. The van der Waals surface area contributed by atoms with E-state index in [9.17, 15) is 24.0 Å². The van der Waals surface area contributed by atoms with Crippen molar-refractivity contribution in [2.24, 2.45) is 5.92 Å². The quantitative estimate of drug-likeness (QED) is 0.515. The number of carbonyl (C=O) groups excluding carboxylic acids is 4. The van der Waals surface area contributed by atoms with Crippen molar-refractivity contribution in [2.75, 3.05) is 11.5 Å². The van der Waals surface area contributed by atoms with Crippen LogP contribution in [0.1, 0.15) is 41.9 Å². The summed E-state index contributed by atoms with van der Waals surface area (Å²) in [6.07, 6.45) is -0.423. The first-order chi connectivity index (χ1) is 15.2. The van der Waals surface area contributed by atoms with E-state index in [1.807, 2.05) is 0 Å². The molecule has 1 aromatic carbocycles. The minimum absolute atomic E-state index is 0.227. The topological polar surface area (TPSA) is 123 Å². The van der Waals surface area contributed by atoms with E-state index in [2.05, 4.69) is 4.98 Å². The maximum atomic E-state index is 13.4. The van der Waals surface area contributed by atoms with Crippen molar-refractivity contribution in [1.82, 2.24) is 4.98 Å². The summed E-state index contributed by atoms with van der Waals surface area (Å²) in [5.74, 6) is -4.24. The van der Waals surface area contributed by atoms with E-state index < -0.39 is 46.9 Å². The molecule has 2 aromatic rings. The lowest BCUT2D eigenvalue weighted by Crippen LogP contribution is -2.36. The van der Waals surface area contributed by atoms with Gasteiger partial charge in [-0.2, -0.15) is 0 Å². The number of ether oxygens (including phenoxy) is 2. The summed E-state index contributed by atoms with van der Waals surface area (Å²) in [7, 11) is 0. The number of esters is 2. The fraction of sp³-hybridized carbons (Fsp3) is 0.381. The van der Waals surface area contributed by atoms with E-state index in [4.69, 9.17) is 9.47 Å². The number of H-pyrrole nitrogens is 1. The van der Waals surface area contributed by atoms with Gasteiger partial charge in [0.15, 0.2) is 0 Å². The molecule has 2 amide bonds. The van der Waals surface area contributed by atoms with Crippen molar-refractivity contribution in [3.63, 3.8) is 0 Å². The van der Waals surface area contributed by atoms with Crippen LogP contribution in [0.15, 0.2) is 34.1 Å². The van der Waals surface area contributed by atoms with Crippen LogP contribution in [0.3, 0.4) is 0 Å². The molecule has 1 aromatic heterocycles. The lowest BCUT2D eigenvalue weighted by Gasteiger charge is -2.28.